The van der Waals surface area contributed by atoms with E-state index in [9.17, 15) is 4.79 Å². The van der Waals surface area contributed by atoms with Gasteiger partial charge in [0.2, 0.25) is 5.91 Å². The highest BCUT2D eigenvalue weighted by Crippen LogP contribution is 2.20. The number of hydrogen-bond donors (Lipinski definition) is 2. The molecule has 2 rings (SSSR count). The van der Waals surface area contributed by atoms with Crippen LogP contribution in [-0.2, 0) is 4.79 Å². The molecule has 0 aromatic heterocycles. The lowest BCUT2D eigenvalue weighted by atomic mass is 9.92. The predicted octanol–water partition coefficient (Wildman–Crippen LogP) is 1.47. The van der Waals surface area contributed by atoms with E-state index in [0.717, 1.165) is 57.3 Å². The van der Waals surface area contributed by atoms with E-state index in [2.05, 4.69) is 29.4 Å². The third-order valence-electron chi connectivity index (χ3n) is 4.60. The molecular weight excluding hydrogens is 250 g/mol. The lowest BCUT2D eigenvalue weighted by molar-refractivity contribution is -0.125. The fourth-order valence-corrected chi connectivity index (χ4v) is 3.72. The van der Waals surface area contributed by atoms with E-state index in [0.29, 0.717) is 0 Å². The number of rotatable bonds is 5. The summed E-state index contributed by atoms with van der Waals surface area (Å²) in [5, 5.41) is 6.42. The Morgan fingerprint density at radius 1 is 1.20 bits per heavy atom. The van der Waals surface area contributed by atoms with Gasteiger partial charge in [0.25, 0.3) is 0 Å². The highest BCUT2D eigenvalue weighted by atomic mass is 16.1. The molecule has 2 aliphatic rings. The molecule has 2 aliphatic heterocycles. The van der Waals surface area contributed by atoms with Gasteiger partial charge in [-0.1, -0.05) is 13.8 Å². The summed E-state index contributed by atoms with van der Waals surface area (Å²) in [7, 11) is 0. The van der Waals surface area contributed by atoms with Gasteiger partial charge < -0.3 is 15.5 Å². The quantitative estimate of drug-likeness (QED) is 0.750. The average Bonchev–Trinajstić information content (AvgIpc) is 2.43. The molecule has 0 aromatic rings. The van der Waals surface area contributed by atoms with E-state index in [1.165, 1.54) is 19.5 Å². The highest BCUT2D eigenvalue weighted by Gasteiger charge is 2.22. The van der Waals surface area contributed by atoms with Crippen molar-refractivity contribution < 1.29 is 4.79 Å². The first kappa shape index (κ1) is 15.8. The van der Waals surface area contributed by atoms with E-state index in [4.69, 9.17) is 0 Å². The normalized spacial score (nSPS) is 29.3. The fraction of sp³-hybridized carbons (Fsp3) is 0.938. The first-order valence-electron chi connectivity index (χ1n) is 8.36. The summed E-state index contributed by atoms with van der Waals surface area (Å²) < 4.78 is 0. The van der Waals surface area contributed by atoms with Gasteiger partial charge in [0.05, 0.1) is 0 Å². The molecule has 20 heavy (non-hydrogen) atoms. The molecule has 1 amide bonds. The van der Waals surface area contributed by atoms with Gasteiger partial charge in [-0.25, -0.2) is 0 Å². The van der Waals surface area contributed by atoms with Gasteiger partial charge >= 0.3 is 0 Å². The molecule has 0 saturated carbocycles. The molecule has 2 unspecified atom stereocenters. The summed E-state index contributed by atoms with van der Waals surface area (Å²) in [6, 6.07) is 0. The first-order chi connectivity index (χ1) is 9.65. The molecule has 116 valence electrons. The zero-order valence-corrected chi connectivity index (χ0v) is 13.2. The molecule has 2 fully saturated rings. The van der Waals surface area contributed by atoms with E-state index in [1.54, 1.807) is 0 Å². The van der Waals surface area contributed by atoms with Gasteiger partial charge in [-0.3, -0.25) is 4.79 Å². The SMILES string of the molecule is CC1CC(C)CN(CCCNC(=O)C2CCNCC2)C1. The van der Waals surface area contributed by atoms with Crippen LogP contribution in [0.4, 0.5) is 0 Å². The van der Waals surface area contributed by atoms with Gasteiger partial charge in [0.1, 0.15) is 0 Å². The number of likely N-dealkylation sites (tertiary alicyclic amines) is 1. The number of amides is 1. The number of nitrogens with one attached hydrogen (secondary N) is 2. The molecule has 2 heterocycles. The van der Waals surface area contributed by atoms with E-state index in [-0.39, 0.29) is 11.8 Å². The van der Waals surface area contributed by atoms with Crippen LogP contribution in [0.1, 0.15) is 39.5 Å². The summed E-state index contributed by atoms with van der Waals surface area (Å²) in [5.74, 6) is 2.16. The molecule has 4 heteroatoms. The second-order valence-corrected chi connectivity index (χ2v) is 6.87. The van der Waals surface area contributed by atoms with Crippen molar-refractivity contribution in [2.75, 3.05) is 39.3 Å². The topological polar surface area (TPSA) is 44.4 Å². The van der Waals surface area contributed by atoms with Crippen molar-refractivity contribution in [3.63, 3.8) is 0 Å². The van der Waals surface area contributed by atoms with Crippen LogP contribution in [0.2, 0.25) is 0 Å². The van der Waals surface area contributed by atoms with Crippen molar-refractivity contribution >= 4 is 5.91 Å². The Balaban J connectivity index is 1.57. The maximum Gasteiger partial charge on any atom is 0.223 e. The molecule has 0 bridgehead atoms. The minimum atomic E-state index is 0.242. The van der Waals surface area contributed by atoms with Crippen molar-refractivity contribution in [1.82, 2.24) is 15.5 Å². The standard InChI is InChI=1S/C16H31N3O/c1-13-10-14(2)12-19(11-13)9-3-6-18-16(20)15-4-7-17-8-5-15/h13-15,17H,3-12H2,1-2H3,(H,18,20). The highest BCUT2D eigenvalue weighted by molar-refractivity contribution is 5.78. The zero-order chi connectivity index (χ0) is 14.4. The summed E-state index contributed by atoms with van der Waals surface area (Å²) in [4.78, 5) is 14.6. The fourth-order valence-electron chi connectivity index (χ4n) is 3.72. The Kier molecular flexibility index (Phi) is 6.30. The molecule has 0 aromatic carbocycles. The van der Waals surface area contributed by atoms with Gasteiger partial charge in [0, 0.05) is 25.6 Å². The van der Waals surface area contributed by atoms with Crippen molar-refractivity contribution in [2.45, 2.75) is 39.5 Å². The van der Waals surface area contributed by atoms with Gasteiger partial charge in [-0.15, -0.1) is 0 Å². The molecule has 2 N–H and O–H groups in total. The van der Waals surface area contributed by atoms with Gasteiger partial charge in [-0.05, 0) is 57.2 Å². The Bertz CT molecular complexity index is 292. The van der Waals surface area contributed by atoms with Gasteiger partial charge in [-0.2, -0.15) is 0 Å². The first-order valence-corrected chi connectivity index (χ1v) is 8.36. The second-order valence-electron chi connectivity index (χ2n) is 6.87. The van der Waals surface area contributed by atoms with Crippen molar-refractivity contribution in [3.8, 4) is 0 Å². The number of hydrogen-bond acceptors (Lipinski definition) is 3. The molecule has 2 atom stereocenters. The van der Waals surface area contributed by atoms with Crippen LogP contribution >= 0.6 is 0 Å². The van der Waals surface area contributed by atoms with Crippen LogP contribution in [0, 0.1) is 17.8 Å². The van der Waals surface area contributed by atoms with Gasteiger partial charge in [0.15, 0.2) is 0 Å². The number of nitrogens with zero attached hydrogens (tertiary/aromatic N) is 1. The largest absolute Gasteiger partial charge is 0.356 e. The maximum atomic E-state index is 12.0. The average molecular weight is 281 g/mol. The van der Waals surface area contributed by atoms with Crippen LogP contribution in [-0.4, -0.2) is 50.1 Å². The summed E-state index contributed by atoms with van der Waals surface area (Å²) in [5.41, 5.74) is 0. The Labute approximate surface area is 123 Å². The van der Waals surface area contributed by atoms with Crippen LogP contribution < -0.4 is 10.6 Å². The van der Waals surface area contributed by atoms with Crippen LogP contribution in [0.3, 0.4) is 0 Å². The molecule has 0 aliphatic carbocycles. The molecule has 0 spiro atoms. The molecule has 4 nitrogen and oxygen atoms in total. The second kappa shape index (κ2) is 7.99. The summed E-state index contributed by atoms with van der Waals surface area (Å²) >= 11 is 0. The molecule has 0 radical (unpaired) electrons. The maximum absolute atomic E-state index is 12.0. The summed E-state index contributed by atoms with van der Waals surface area (Å²) in [6.07, 6.45) is 4.43. The van der Waals surface area contributed by atoms with Crippen molar-refractivity contribution in [1.29, 1.82) is 0 Å². The monoisotopic (exact) mass is 281 g/mol. The molecule has 2 saturated heterocycles. The van der Waals surface area contributed by atoms with E-state index in [1.807, 2.05) is 0 Å². The Hall–Kier alpha value is -0.610. The van der Waals surface area contributed by atoms with Crippen LogP contribution in [0.15, 0.2) is 0 Å². The van der Waals surface area contributed by atoms with E-state index < -0.39 is 0 Å². The lowest BCUT2D eigenvalue weighted by Crippen LogP contribution is -2.41. The summed E-state index contributed by atoms with van der Waals surface area (Å²) in [6.45, 7) is 11.1. The minimum absolute atomic E-state index is 0.242. The van der Waals surface area contributed by atoms with E-state index >= 15 is 0 Å². The van der Waals surface area contributed by atoms with Crippen molar-refractivity contribution in [3.05, 3.63) is 0 Å². The zero-order valence-electron chi connectivity index (χ0n) is 13.2. The number of carbonyl (C=O) groups is 1. The minimum Gasteiger partial charge on any atom is -0.356 e. The predicted molar refractivity (Wildman–Crippen MR) is 82.6 cm³/mol. The van der Waals surface area contributed by atoms with Crippen molar-refractivity contribution in [2.24, 2.45) is 17.8 Å². The molecular formula is C16H31N3O. The smallest absolute Gasteiger partial charge is 0.223 e. The number of piperidine rings is 2. The lowest BCUT2D eigenvalue weighted by Gasteiger charge is -2.35. The third-order valence-corrected chi connectivity index (χ3v) is 4.60. The third kappa shape index (κ3) is 5.06. The Morgan fingerprint density at radius 3 is 2.50 bits per heavy atom. The number of carbonyl (C=O) groups excluding carboxylic acids is 1. The van der Waals surface area contributed by atoms with Crippen LogP contribution in [0.5, 0.6) is 0 Å². The van der Waals surface area contributed by atoms with Crippen LogP contribution in [0.25, 0.3) is 0 Å². The Morgan fingerprint density at radius 2 is 1.85 bits per heavy atom.